The monoisotopic (exact) mass is 355 g/mol. The number of anilines is 1. The highest BCUT2D eigenvalue weighted by molar-refractivity contribution is 5.79. The van der Waals surface area contributed by atoms with Crippen LogP contribution >= 0.6 is 0 Å². The van der Waals surface area contributed by atoms with Gasteiger partial charge in [0, 0.05) is 11.3 Å². The van der Waals surface area contributed by atoms with Gasteiger partial charge in [-0.2, -0.15) is 5.26 Å². The van der Waals surface area contributed by atoms with E-state index in [2.05, 4.69) is 11.1 Å². The topological polar surface area (TPSA) is 71.9 Å². The van der Waals surface area contributed by atoms with Gasteiger partial charge in [-0.25, -0.2) is 4.98 Å². The number of fused-ring (bicyclic) bond motifs is 1. The molecule has 0 saturated heterocycles. The van der Waals surface area contributed by atoms with Gasteiger partial charge in [0.25, 0.3) is 0 Å². The molecular formula is C23H21N3O. The van der Waals surface area contributed by atoms with E-state index in [4.69, 9.17) is 10.5 Å². The van der Waals surface area contributed by atoms with Crippen molar-refractivity contribution in [2.75, 3.05) is 5.73 Å². The second kappa shape index (κ2) is 7.51. The highest BCUT2D eigenvalue weighted by Gasteiger charge is 2.21. The number of ether oxygens (including phenoxy) is 1. The number of rotatable bonds is 4. The van der Waals surface area contributed by atoms with Gasteiger partial charge >= 0.3 is 0 Å². The fraction of sp³-hybridized carbons (Fsp3) is 0.217. The molecule has 2 N–H and O–H groups in total. The molecule has 1 heterocycles. The molecule has 134 valence electrons. The molecule has 0 radical (unpaired) electrons. The average Bonchev–Trinajstić information content (AvgIpc) is 2.72. The Balaban J connectivity index is 1.64. The third kappa shape index (κ3) is 3.50. The number of hydrogen-bond donors (Lipinski definition) is 1. The number of nitrogen functional groups attached to an aromatic ring is 1. The highest BCUT2D eigenvalue weighted by atomic mass is 16.5. The Morgan fingerprint density at radius 2 is 1.74 bits per heavy atom. The van der Waals surface area contributed by atoms with Gasteiger partial charge in [-0.1, -0.05) is 42.5 Å². The SMILES string of the molecule is N#Cc1c(N)nc2c(c1-c1ccc(OCc3ccccc3)cc1)CCCC2. The Kier molecular flexibility index (Phi) is 4.76. The molecule has 0 saturated carbocycles. The molecule has 2 aromatic carbocycles. The third-order valence-corrected chi connectivity index (χ3v) is 5.01. The van der Waals surface area contributed by atoms with Crippen LogP contribution in [0, 0.1) is 11.3 Å². The van der Waals surface area contributed by atoms with E-state index in [1.165, 1.54) is 5.56 Å². The first-order valence-electron chi connectivity index (χ1n) is 9.25. The van der Waals surface area contributed by atoms with Crippen molar-refractivity contribution in [2.45, 2.75) is 32.3 Å². The van der Waals surface area contributed by atoms with Crippen molar-refractivity contribution in [3.05, 3.63) is 77.0 Å². The summed E-state index contributed by atoms with van der Waals surface area (Å²) in [7, 11) is 0. The van der Waals surface area contributed by atoms with Crippen molar-refractivity contribution in [2.24, 2.45) is 0 Å². The van der Waals surface area contributed by atoms with Crippen LogP contribution < -0.4 is 10.5 Å². The highest BCUT2D eigenvalue weighted by Crippen LogP contribution is 2.36. The summed E-state index contributed by atoms with van der Waals surface area (Å²) < 4.78 is 5.87. The standard InChI is InChI=1S/C23H21N3O/c24-14-20-22(19-8-4-5-9-21(19)26-23(20)25)17-10-12-18(13-11-17)27-15-16-6-2-1-3-7-16/h1-3,6-7,10-13H,4-5,8-9,15H2,(H2,25,26). The van der Waals surface area contributed by atoms with Crippen LogP contribution in [-0.2, 0) is 19.4 Å². The number of benzene rings is 2. The van der Waals surface area contributed by atoms with Crippen molar-refractivity contribution in [1.82, 2.24) is 4.98 Å². The summed E-state index contributed by atoms with van der Waals surface area (Å²) in [4.78, 5) is 4.48. The number of nitriles is 1. The van der Waals surface area contributed by atoms with Gasteiger partial charge < -0.3 is 10.5 Å². The van der Waals surface area contributed by atoms with Gasteiger partial charge in [0.2, 0.25) is 0 Å². The van der Waals surface area contributed by atoms with Crippen molar-refractivity contribution in [3.63, 3.8) is 0 Å². The molecule has 0 aliphatic heterocycles. The molecule has 1 aliphatic carbocycles. The summed E-state index contributed by atoms with van der Waals surface area (Å²) in [6.07, 6.45) is 4.11. The molecule has 4 nitrogen and oxygen atoms in total. The first-order chi connectivity index (χ1) is 13.3. The Labute approximate surface area is 159 Å². The predicted octanol–water partition coefficient (Wildman–Crippen LogP) is 4.66. The van der Waals surface area contributed by atoms with Gasteiger partial charge in [0.05, 0.1) is 0 Å². The lowest BCUT2D eigenvalue weighted by atomic mass is 9.86. The van der Waals surface area contributed by atoms with Gasteiger partial charge in [-0.3, -0.25) is 0 Å². The van der Waals surface area contributed by atoms with Crippen molar-refractivity contribution in [3.8, 4) is 22.9 Å². The van der Waals surface area contributed by atoms with Crippen LogP contribution in [-0.4, -0.2) is 4.98 Å². The zero-order chi connectivity index (χ0) is 18.6. The minimum atomic E-state index is 0.331. The lowest BCUT2D eigenvalue weighted by molar-refractivity contribution is 0.306. The lowest BCUT2D eigenvalue weighted by Gasteiger charge is -2.21. The molecule has 27 heavy (non-hydrogen) atoms. The van der Waals surface area contributed by atoms with E-state index in [1.54, 1.807) is 0 Å². The zero-order valence-electron chi connectivity index (χ0n) is 15.1. The van der Waals surface area contributed by atoms with Crippen LogP contribution in [0.2, 0.25) is 0 Å². The number of nitrogens with two attached hydrogens (primary N) is 1. The summed E-state index contributed by atoms with van der Waals surface area (Å²) in [6.45, 7) is 0.529. The molecule has 0 bridgehead atoms. The minimum absolute atomic E-state index is 0.331. The summed E-state index contributed by atoms with van der Waals surface area (Å²) >= 11 is 0. The van der Waals surface area contributed by atoms with Crippen LogP contribution in [0.15, 0.2) is 54.6 Å². The first kappa shape index (κ1) is 17.1. The number of hydrogen-bond acceptors (Lipinski definition) is 4. The zero-order valence-corrected chi connectivity index (χ0v) is 15.1. The number of aryl methyl sites for hydroxylation is 1. The fourth-order valence-electron chi connectivity index (χ4n) is 3.65. The molecule has 1 aromatic heterocycles. The maximum Gasteiger partial charge on any atom is 0.142 e. The van der Waals surface area contributed by atoms with E-state index < -0.39 is 0 Å². The van der Waals surface area contributed by atoms with E-state index >= 15 is 0 Å². The molecule has 1 aliphatic rings. The Hall–Kier alpha value is -3.32. The molecule has 0 spiro atoms. The van der Waals surface area contributed by atoms with Crippen LogP contribution in [0.25, 0.3) is 11.1 Å². The maximum absolute atomic E-state index is 9.63. The second-order valence-electron chi connectivity index (χ2n) is 6.79. The Bertz CT molecular complexity index is 989. The summed E-state index contributed by atoms with van der Waals surface area (Å²) in [5, 5.41) is 9.63. The molecule has 3 aromatic rings. The molecule has 0 atom stereocenters. The van der Waals surface area contributed by atoms with E-state index in [0.29, 0.717) is 18.0 Å². The Morgan fingerprint density at radius 1 is 1.00 bits per heavy atom. The molecule has 4 heteroatoms. The number of nitrogens with zero attached hydrogens (tertiary/aromatic N) is 2. The van der Waals surface area contributed by atoms with Gasteiger partial charge in [0.1, 0.15) is 29.8 Å². The van der Waals surface area contributed by atoms with E-state index in [-0.39, 0.29) is 0 Å². The smallest absolute Gasteiger partial charge is 0.142 e. The minimum Gasteiger partial charge on any atom is -0.489 e. The summed E-state index contributed by atoms with van der Waals surface area (Å²) in [5.41, 5.74) is 11.8. The number of aromatic nitrogens is 1. The maximum atomic E-state index is 9.63. The largest absolute Gasteiger partial charge is 0.489 e. The van der Waals surface area contributed by atoms with Crippen LogP contribution in [0.5, 0.6) is 5.75 Å². The van der Waals surface area contributed by atoms with Crippen molar-refractivity contribution >= 4 is 5.82 Å². The molecular weight excluding hydrogens is 334 g/mol. The summed E-state index contributed by atoms with van der Waals surface area (Å²) in [5.74, 6) is 1.13. The van der Waals surface area contributed by atoms with Gasteiger partial charge in [-0.05, 0) is 54.5 Å². The van der Waals surface area contributed by atoms with E-state index in [9.17, 15) is 5.26 Å². The fourth-order valence-corrected chi connectivity index (χ4v) is 3.65. The van der Waals surface area contributed by atoms with Crippen molar-refractivity contribution in [1.29, 1.82) is 5.26 Å². The van der Waals surface area contributed by atoms with Crippen LogP contribution in [0.4, 0.5) is 5.82 Å². The molecule has 4 rings (SSSR count). The van der Waals surface area contributed by atoms with Crippen molar-refractivity contribution < 1.29 is 4.74 Å². The van der Waals surface area contributed by atoms with Crippen LogP contribution in [0.1, 0.15) is 35.2 Å². The Morgan fingerprint density at radius 3 is 2.48 bits per heavy atom. The van der Waals surface area contributed by atoms with E-state index in [0.717, 1.165) is 53.8 Å². The molecule has 0 fully saturated rings. The van der Waals surface area contributed by atoms with Crippen LogP contribution in [0.3, 0.4) is 0 Å². The molecule has 0 unspecified atom stereocenters. The average molecular weight is 355 g/mol. The third-order valence-electron chi connectivity index (χ3n) is 5.01. The van der Waals surface area contributed by atoms with Gasteiger partial charge in [0.15, 0.2) is 0 Å². The molecule has 0 amide bonds. The normalized spacial score (nSPS) is 12.9. The first-order valence-corrected chi connectivity index (χ1v) is 9.25. The van der Waals surface area contributed by atoms with Gasteiger partial charge in [-0.15, -0.1) is 0 Å². The second-order valence-corrected chi connectivity index (χ2v) is 6.79. The lowest BCUT2D eigenvalue weighted by Crippen LogP contribution is -2.11. The number of pyridine rings is 1. The van der Waals surface area contributed by atoms with E-state index in [1.807, 2.05) is 54.6 Å². The summed E-state index contributed by atoms with van der Waals surface area (Å²) in [6, 6.07) is 20.2. The quantitative estimate of drug-likeness (QED) is 0.739. The predicted molar refractivity (Wildman–Crippen MR) is 106 cm³/mol.